The lowest BCUT2D eigenvalue weighted by Gasteiger charge is -2.36. The summed E-state index contributed by atoms with van der Waals surface area (Å²) in [5.74, 6) is 0.606. The monoisotopic (exact) mass is 723 g/mol. The Morgan fingerprint density at radius 1 is 0.593 bits per heavy atom. The van der Waals surface area contributed by atoms with E-state index < -0.39 is 17.5 Å². The van der Waals surface area contributed by atoms with Crippen molar-refractivity contribution in [3.8, 4) is 28.5 Å². The molecule has 0 aliphatic carbocycles. The van der Waals surface area contributed by atoms with Crippen molar-refractivity contribution in [2.24, 2.45) is 0 Å². The number of carboxylic acid groups (broad SMARTS) is 1. The molecule has 0 atom stereocenters. The van der Waals surface area contributed by atoms with Gasteiger partial charge in [-0.15, -0.1) is 0 Å². The number of esters is 1. The Hall–Kier alpha value is -6.45. The molecule has 9 heteroatoms. The summed E-state index contributed by atoms with van der Waals surface area (Å²) >= 11 is 0. The summed E-state index contributed by atoms with van der Waals surface area (Å²) in [4.78, 5) is 27.3. The normalized spacial score (nSPS) is 11.1. The molecule has 9 nitrogen and oxygen atoms in total. The second-order valence-corrected chi connectivity index (χ2v) is 12.5. The van der Waals surface area contributed by atoms with Crippen LogP contribution in [0, 0.1) is 0 Å². The fourth-order valence-corrected chi connectivity index (χ4v) is 6.11. The van der Waals surface area contributed by atoms with E-state index in [1.807, 2.05) is 134 Å². The first kappa shape index (κ1) is 37.3. The smallest absolute Gasteiger partial charge is 0.306 e. The Morgan fingerprint density at radius 2 is 1.22 bits per heavy atom. The van der Waals surface area contributed by atoms with Gasteiger partial charge in [0.1, 0.15) is 36.1 Å². The number of methoxy groups -OCH3 is 2. The van der Waals surface area contributed by atoms with Crippen molar-refractivity contribution >= 4 is 11.9 Å². The van der Waals surface area contributed by atoms with Gasteiger partial charge in [0.2, 0.25) is 0 Å². The standard InChI is InChI=1S/C45H41NO8/c1-50-39-19-15-37(16-20-39)45(36-11-4-3-5-12-36,38-17-21-40(51-2)22-18-38)54-31-34-14-23-42(46-28-34)35-10-7-13-41(27-35)52-29-32-8-6-9-33(26-32)30-53-44(49)25-24-43(47)48/h3-23,26-28H,24-25,29-31H2,1-2H3,(H,47,48). The molecule has 1 N–H and O–H groups in total. The molecule has 6 rings (SSSR count). The minimum Gasteiger partial charge on any atom is -0.497 e. The number of pyridine rings is 1. The number of benzene rings is 5. The summed E-state index contributed by atoms with van der Waals surface area (Å²) in [5, 5.41) is 8.76. The number of hydrogen-bond acceptors (Lipinski definition) is 8. The maximum absolute atomic E-state index is 11.8. The highest BCUT2D eigenvalue weighted by Crippen LogP contribution is 2.42. The van der Waals surface area contributed by atoms with Gasteiger partial charge in [-0.3, -0.25) is 14.6 Å². The summed E-state index contributed by atoms with van der Waals surface area (Å²) in [6.07, 6.45) is 1.41. The van der Waals surface area contributed by atoms with Crippen molar-refractivity contribution < 1.29 is 38.4 Å². The van der Waals surface area contributed by atoms with Crippen LogP contribution in [0.4, 0.5) is 0 Å². The molecule has 1 heterocycles. The quantitative estimate of drug-likeness (QED) is 0.0729. The zero-order valence-corrected chi connectivity index (χ0v) is 30.1. The molecule has 0 radical (unpaired) electrons. The third kappa shape index (κ3) is 9.31. The fraction of sp³-hybridized carbons (Fsp3) is 0.178. The Balaban J connectivity index is 1.16. The highest BCUT2D eigenvalue weighted by Gasteiger charge is 2.38. The van der Waals surface area contributed by atoms with E-state index in [4.69, 9.17) is 33.8 Å². The molecule has 0 saturated carbocycles. The molecular weight excluding hydrogens is 682 g/mol. The topological polar surface area (TPSA) is 113 Å². The van der Waals surface area contributed by atoms with Crippen LogP contribution in [0.1, 0.15) is 46.2 Å². The van der Waals surface area contributed by atoms with Crippen molar-refractivity contribution in [2.75, 3.05) is 14.2 Å². The van der Waals surface area contributed by atoms with E-state index in [1.54, 1.807) is 14.2 Å². The molecular formula is C45H41NO8. The van der Waals surface area contributed by atoms with Crippen LogP contribution in [-0.4, -0.2) is 36.2 Å². The number of hydrogen-bond donors (Lipinski definition) is 1. The van der Waals surface area contributed by atoms with Gasteiger partial charge in [-0.25, -0.2) is 0 Å². The third-order valence-electron chi connectivity index (χ3n) is 8.92. The number of aliphatic carboxylic acids is 1. The van der Waals surface area contributed by atoms with Crippen molar-refractivity contribution in [1.29, 1.82) is 0 Å². The van der Waals surface area contributed by atoms with Gasteiger partial charge in [-0.2, -0.15) is 0 Å². The Kier molecular flexibility index (Phi) is 12.3. The van der Waals surface area contributed by atoms with E-state index in [2.05, 4.69) is 12.1 Å². The zero-order valence-electron chi connectivity index (χ0n) is 30.1. The summed E-state index contributed by atoms with van der Waals surface area (Å²) in [7, 11) is 3.31. The Morgan fingerprint density at radius 3 is 1.83 bits per heavy atom. The van der Waals surface area contributed by atoms with Gasteiger partial charge >= 0.3 is 11.9 Å². The molecule has 0 aliphatic heterocycles. The lowest BCUT2D eigenvalue weighted by atomic mass is 9.80. The summed E-state index contributed by atoms with van der Waals surface area (Å²) in [6, 6.07) is 45.4. The van der Waals surface area contributed by atoms with Crippen LogP contribution in [0.15, 0.2) is 146 Å². The molecule has 0 unspecified atom stereocenters. The van der Waals surface area contributed by atoms with Gasteiger partial charge in [0, 0.05) is 11.8 Å². The van der Waals surface area contributed by atoms with E-state index in [0.29, 0.717) is 12.4 Å². The van der Waals surface area contributed by atoms with E-state index in [0.717, 1.165) is 56.1 Å². The molecule has 1 aromatic heterocycles. The van der Waals surface area contributed by atoms with Crippen LogP contribution in [0.5, 0.6) is 17.2 Å². The van der Waals surface area contributed by atoms with Crippen molar-refractivity contribution in [2.45, 2.75) is 38.3 Å². The van der Waals surface area contributed by atoms with E-state index in [-0.39, 0.29) is 26.1 Å². The number of carbonyl (C=O) groups is 2. The fourth-order valence-electron chi connectivity index (χ4n) is 6.11. The molecule has 5 aromatic carbocycles. The van der Waals surface area contributed by atoms with Gasteiger partial charge in [-0.1, -0.05) is 91.0 Å². The number of rotatable bonds is 17. The average molecular weight is 724 g/mol. The van der Waals surface area contributed by atoms with Crippen LogP contribution in [0.25, 0.3) is 11.3 Å². The first-order valence-electron chi connectivity index (χ1n) is 17.5. The number of aromatic nitrogens is 1. The second kappa shape index (κ2) is 17.9. The lowest BCUT2D eigenvalue weighted by molar-refractivity contribution is -0.148. The molecule has 0 bridgehead atoms. The lowest BCUT2D eigenvalue weighted by Crippen LogP contribution is -2.32. The minimum absolute atomic E-state index is 0.0602. The average Bonchev–Trinajstić information content (AvgIpc) is 3.23. The van der Waals surface area contributed by atoms with Gasteiger partial charge < -0.3 is 28.8 Å². The molecule has 54 heavy (non-hydrogen) atoms. The minimum atomic E-state index is -1.04. The van der Waals surface area contributed by atoms with Crippen LogP contribution in [0.2, 0.25) is 0 Å². The highest BCUT2D eigenvalue weighted by molar-refractivity contribution is 5.76. The van der Waals surface area contributed by atoms with Crippen molar-refractivity contribution in [1.82, 2.24) is 4.98 Å². The number of carboxylic acids is 1. The molecule has 6 aromatic rings. The van der Waals surface area contributed by atoms with Gasteiger partial charge in [0.05, 0.1) is 39.4 Å². The first-order chi connectivity index (χ1) is 26.4. The van der Waals surface area contributed by atoms with Gasteiger partial charge in [-0.05, 0) is 81.9 Å². The first-order valence-corrected chi connectivity index (χ1v) is 17.5. The highest BCUT2D eigenvalue weighted by atomic mass is 16.5. The van der Waals surface area contributed by atoms with Gasteiger partial charge in [0.15, 0.2) is 0 Å². The SMILES string of the molecule is COc1ccc(C(OCc2ccc(-c3cccc(OCc4cccc(COC(=O)CCC(=O)O)c4)c3)nc2)(c2ccccc2)c2ccc(OC)cc2)cc1. The maximum Gasteiger partial charge on any atom is 0.306 e. The molecule has 0 fully saturated rings. The Bertz CT molecular complexity index is 2090. The number of nitrogens with zero attached hydrogens (tertiary/aromatic N) is 1. The maximum atomic E-state index is 11.8. The van der Waals surface area contributed by atoms with Crippen molar-refractivity contribution in [3.63, 3.8) is 0 Å². The molecule has 0 aliphatic rings. The van der Waals surface area contributed by atoms with E-state index >= 15 is 0 Å². The van der Waals surface area contributed by atoms with Crippen LogP contribution in [-0.2, 0) is 44.5 Å². The van der Waals surface area contributed by atoms with Crippen molar-refractivity contribution in [3.05, 3.63) is 179 Å². The summed E-state index contributed by atoms with van der Waals surface area (Å²) < 4.78 is 29.3. The molecule has 0 saturated heterocycles. The number of ether oxygens (including phenoxy) is 5. The third-order valence-corrected chi connectivity index (χ3v) is 8.92. The van der Waals surface area contributed by atoms with E-state index in [9.17, 15) is 9.59 Å². The summed E-state index contributed by atoms with van der Waals surface area (Å²) in [5.41, 5.74) is 6.20. The molecule has 274 valence electrons. The van der Waals surface area contributed by atoms with Gasteiger partial charge in [0.25, 0.3) is 0 Å². The number of carbonyl (C=O) groups excluding carboxylic acids is 1. The predicted molar refractivity (Wildman–Crippen MR) is 204 cm³/mol. The van der Waals surface area contributed by atoms with Crippen LogP contribution >= 0.6 is 0 Å². The Labute approximate surface area is 314 Å². The summed E-state index contributed by atoms with van der Waals surface area (Å²) in [6.45, 7) is 0.647. The zero-order chi connectivity index (χ0) is 37.8. The van der Waals surface area contributed by atoms with E-state index in [1.165, 1.54) is 0 Å². The molecule has 0 amide bonds. The van der Waals surface area contributed by atoms with Crippen LogP contribution < -0.4 is 14.2 Å². The van der Waals surface area contributed by atoms with Crippen LogP contribution in [0.3, 0.4) is 0 Å². The largest absolute Gasteiger partial charge is 0.497 e. The molecule has 0 spiro atoms. The predicted octanol–water partition coefficient (Wildman–Crippen LogP) is 8.76. The second-order valence-electron chi connectivity index (χ2n) is 12.5.